The lowest BCUT2D eigenvalue weighted by Crippen LogP contribution is -2.46. The van der Waals surface area contributed by atoms with Crippen LogP contribution in [0, 0.1) is 11.8 Å². The van der Waals surface area contributed by atoms with Crippen LogP contribution in [0.15, 0.2) is 24.2 Å². The summed E-state index contributed by atoms with van der Waals surface area (Å²) < 4.78 is 20.8. The Hall–Kier alpha value is -1.73. The smallest absolute Gasteiger partial charge is 0.227 e. The lowest BCUT2D eigenvalue weighted by atomic mass is 9.84. The Bertz CT molecular complexity index is 610. The highest BCUT2D eigenvalue weighted by Gasteiger charge is 2.33. The number of hydrogen-bond acceptors (Lipinski definition) is 4. The van der Waals surface area contributed by atoms with E-state index in [1.54, 1.807) is 15.7 Å². The van der Waals surface area contributed by atoms with Gasteiger partial charge in [-0.15, -0.1) is 0 Å². The number of nitrogens with one attached hydrogen (secondary N) is 1. The molecule has 1 aromatic rings. The standard InChI is InChI=1S/C18H27FN4O2/c1-22-8-4-16(21-22)11-20-12-17(14-5-9-25-10-6-14)18(24)23-7-2-3-15(19)13-23/h3-4,8,14,17,20H,2,5-7,9-13H2,1H3. The summed E-state index contributed by atoms with van der Waals surface area (Å²) >= 11 is 0. The van der Waals surface area contributed by atoms with Crippen LogP contribution < -0.4 is 5.32 Å². The van der Waals surface area contributed by atoms with Gasteiger partial charge in [0.05, 0.1) is 18.2 Å². The maximum Gasteiger partial charge on any atom is 0.227 e. The van der Waals surface area contributed by atoms with Crippen molar-refractivity contribution in [2.45, 2.75) is 25.8 Å². The zero-order valence-electron chi connectivity index (χ0n) is 14.8. The quantitative estimate of drug-likeness (QED) is 0.847. The molecule has 1 amide bonds. The second-order valence-electron chi connectivity index (χ2n) is 6.87. The van der Waals surface area contributed by atoms with Crippen molar-refractivity contribution in [1.29, 1.82) is 0 Å². The monoisotopic (exact) mass is 350 g/mol. The van der Waals surface area contributed by atoms with Crippen LogP contribution in [0.1, 0.15) is 25.0 Å². The van der Waals surface area contributed by atoms with Gasteiger partial charge in [0.25, 0.3) is 0 Å². The Morgan fingerprint density at radius 2 is 2.28 bits per heavy atom. The highest BCUT2D eigenvalue weighted by Crippen LogP contribution is 2.26. The molecule has 25 heavy (non-hydrogen) atoms. The zero-order chi connectivity index (χ0) is 17.6. The van der Waals surface area contributed by atoms with Crippen LogP contribution in [0.3, 0.4) is 0 Å². The highest BCUT2D eigenvalue weighted by atomic mass is 19.1. The molecule has 1 aromatic heterocycles. The summed E-state index contributed by atoms with van der Waals surface area (Å²) in [5, 5.41) is 7.72. The number of aromatic nitrogens is 2. The van der Waals surface area contributed by atoms with Crippen molar-refractivity contribution in [3.8, 4) is 0 Å². The fourth-order valence-electron chi connectivity index (χ4n) is 3.61. The number of amides is 1. The summed E-state index contributed by atoms with van der Waals surface area (Å²) in [4.78, 5) is 14.7. The summed E-state index contributed by atoms with van der Waals surface area (Å²) in [6.45, 7) is 3.32. The largest absolute Gasteiger partial charge is 0.381 e. The summed E-state index contributed by atoms with van der Waals surface area (Å²) in [5.41, 5.74) is 0.952. The van der Waals surface area contributed by atoms with E-state index in [0.29, 0.717) is 39.3 Å². The number of nitrogens with zero attached hydrogens (tertiary/aromatic N) is 3. The van der Waals surface area contributed by atoms with Gasteiger partial charge in [-0.05, 0) is 37.3 Å². The molecule has 1 atom stereocenters. The predicted octanol–water partition coefficient (Wildman–Crippen LogP) is 1.64. The fourth-order valence-corrected chi connectivity index (χ4v) is 3.61. The molecule has 3 rings (SSSR count). The number of carbonyl (C=O) groups excluding carboxylic acids is 1. The molecule has 2 aliphatic heterocycles. The summed E-state index contributed by atoms with van der Waals surface area (Å²) in [7, 11) is 1.89. The van der Waals surface area contributed by atoms with Gasteiger partial charge in [-0.25, -0.2) is 4.39 Å². The Balaban J connectivity index is 1.61. The molecule has 3 heterocycles. The molecule has 1 saturated heterocycles. The molecular weight excluding hydrogens is 323 g/mol. The molecule has 0 aromatic carbocycles. The minimum atomic E-state index is -0.202. The van der Waals surface area contributed by atoms with Gasteiger partial charge in [-0.3, -0.25) is 9.48 Å². The predicted molar refractivity (Wildman–Crippen MR) is 92.3 cm³/mol. The van der Waals surface area contributed by atoms with E-state index in [1.165, 1.54) is 0 Å². The van der Waals surface area contributed by atoms with Gasteiger partial charge in [0.2, 0.25) is 5.91 Å². The Kier molecular flexibility index (Phi) is 6.20. The SMILES string of the molecule is Cn1ccc(CNCC(C(=O)N2CCC=C(F)C2)C2CCOCC2)n1. The van der Waals surface area contributed by atoms with E-state index in [4.69, 9.17) is 4.74 Å². The number of ether oxygens (including phenoxy) is 1. The number of halogens is 1. The Morgan fingerprint density at radius 3 is 2.96 bits per heavy atom. The molecule has 6 nitrogen and oxygen atoms in total. The summed E-state index contributed by atoms with van der Waals surface area (Å²) in [6, 6.07) is 1.96. The van der Waals surface area contributed by atoms with Gasteiger partial charge in [0, 0.05) is 46.1 Å². The molecule has 0 saturated carbocycles. The average molecular weight is 350 g/mol. The molecule has 0 bridgehead atoms. The molecule has 0 radical (unpaired) electrons. The van der Waals surface area contributed by atoms with Crippen LogP contribution in [-0.4, -0.2) is 53.4 Å². The Morgan fingerprint density at radius 1 is 1.48 bits per heavy atom. The normalized spacial score (nSPS) is 20.4. The first-order valence-electron chi connectivity index (χ1n) is 9.04. The average Bonchev–Trinajstić information content (AvgIpc) is 3.04. The molecule has 7 heteroatoms. The topological polar surface area (TPSA) is 59.4 Å². The molecule has 1 fully saturated rings. The number of carbonyl (C=O) groups is 1. The lowest BCUT2D eigenvalue weighted by Gasteiger charge is -2.34. The van der Waals surface area contributed by atoms with Crippen molar-refractivity contribution < 1.29 is 13.9 Å². The number of aryl methyl sites for hydroxylation is 1. The van der Waals surface area contributed by atoms with E-state index >= 15 is 0 Å². The van der Waals surface area contributed by atoms with Crippen LogP contribution >= 0.6 is 0 Å². The fraction of sp³-hybridized carbons (Fsp3) is 0.667. The molecular formula is C18H27FN4O2. The zero-order valence-corrected chi connectivity index (χ0v) is 14.8. The van der Waals surface area contributed by atoms with Crippen LogP contribution in [0.5, 0.6) is 0 Å². The number of rotatable bonds is 6. The molecule has 1 N–H and O–H groups in total. The second kappa shape index (κ2) is 8.58. The highest BCUT2D eigenvalue weighted by molar-refractivity contribution is 5.79. The molecule has 0 spiro atoms. The first-order valence-corrected chi connectivity index (χ1v) is 9.04. The molecule has 1 unspecified atom stereocenters. The van der Waals surface area contributed by atoms with E-state index in [1.807, 2.05) is 19.3 Å². The maximum absolute atomic E-state index is 13.6. The van der Waals surface area contributed by atoms with Gasteiger partial charge in [0.1, 0.15) is 5.83 Å². The molecule has 0 aliphatic carbocycles. The van der Waals surface area contributed by atoms with Crippen LogP contribution in [-0.2, 0) is 23.1 Å². The first-order chi connectivity index (χ1) is 12.1. The summed E-state index contributed by atoms with van der Waals surface area (Å²) in [5.74, 6) is 0.000375. The third kappa shape index (κ3) is 4.89. The van der Waals surface area contributed by atoms with E-state index in [0.717, 1.165) is 18.5 Å². The van der Waals surface area contributed by atoms with Gasteiger partial charge in [-0.1, -0.05) is 0 Å². The third-order valence-corrected chi connectivity index (χ3v) is 5.01. The first kappa shape index (κ1) is 18.1. The van der Waals surface area contributed by atoms with Crippen molar-refractivity contribution in [2.24, 2.45) is 18.9 Å². The van der Waals surface area contributed by atoms with E-state index in [-0.39, 0.29) is 30.1 Å². The van der Waals surface area contributed by atoms with Crippen molar-refractivity contribution in [3.63, 3.8) is 0 Å². The van der Waals surface area contributed by atoms with Gasteiger partial charge in [-0.2, -0.15) is 5.10 Å². The number of hydrogen-bond donors (Lipinski definition) is 1. The van der Waals surface area contributed by atoms with Gasteiger partial charge in [0.15, 0.2) is 0 Å². The van der Waals surface area contributed by atoms with Gasteiger partial charge >= 0.3 is 0 Å². The third-order valence-electron chi connectivity index (χ3n) is 5.01. The van der Waals surface area contributed by atoms with E-state index in [9.17, 15) is 9.18 Å². The van der Waals surface area contributed by atoms with Crippen LogP contribution in [0.25, 0.3) is 0 Å². The van der Waals surface area contributed by atoms with Crippen molar-refractivity contribution >= 4 is 5.91 Å². The van der Waals surface area contributed by atoms with Crippen molar-refractivity contribution in [2.75, 3.05) is 32.8 Å². The second-order valence-corrected chi connectivity index (χ2v) is 6.87. The lowest BCUT2D eigenvalue weighted by molar-refractivity contribution is -0.138. The minimum Gasteiger partial charge on any atom is -0.381 e. The van der Waals surface area contributed by atoms with E-state index < -0.39 is 0 Å². The Labute approximate surface area is 148 Å². The summed E-state index contributed by atoms with van der Waals surface area (Å²) in [6.07, 6.45) is 5.84. The molecule has 2 aliphatic rings. The van der Waals surface area contributed by atoms with Crippen LogP contribution in [0.2, 0.25) is 0 Å². The van der Waals surface area contributed by atoms with Gasteiger partial charge < -0.3 is 15.0 Å². The van der Waals surface area contributed by atoms with Crippen molar-refractivity contribution in [3.05, 3.63) is 29.9 Å². The maximum atomic E-state index is 13.6. The van der Waals surface area contributed by atoms with Crippen molar-refractivity contribution in [1.82, 2.24) is 20.0 Å². The van der Waals surface area contributed by atoms with Crippen LogP contribution in [0.4, 0.5) is 4.39 Å². The van der Waals surface area contributed by atoms with E-state index in [2.05, 4.69) is 10.4 Å². The molecule has 138 valence electrons. The minimum absolute atomic E-state index is 0.0590.